The number of hydrogen-bond donors (Lipinski definition) is 5. The highest BCUT2D eigenvalue weighted by Gasteiger charge is 2.53. The van der Waals surface area contributed by atoms with Gasteiger partial charge >= 0.3 is 0 Å². The molecule has 2 saturated heterocycles. The number of amides is 4. The molecule has 2 unspecified atom stereocenters. The lowest BCUT2D eigenvalue weighted by atomic mass is 9.86. The molecule has 4 amide bonds. The summed E-state index contributed by atoms with van der Waals surface area (Å²) < 4.78 is 0. The number of primary amides is 1. The van der Waals surface area contributed by atoms with Crippen LogP contribution >= 0.6 is 0 Å². The molecule has 2 heterocycles. The zero-order valence-electron chi connectivity index (χ0n) is 20.8. The van der Waals surface area contributed by atoms with Gasteiger partial charge in [-0.3, -0.25) is 19.2 Å². The number of carbonyl (C=O) groups excluding carboxylic acids is 4. The third-order valence-corrected chi connectivity index (χ3v) is 7.22. The van der Waals surface area contributed by atoms with Crippen molar-refractivity contribution in [3.05, 3.63) is 35.9 Å². The second-order valence-electron chi connectivity index (χ2n) is 9.84. The Morgan fingerprint density at radius 3 is 2.33 bits per heavy atom. The van der Waals surface area contributed by atoms with E-state index >= 15 is 0 Å². The van der Waals surface area contributed by atoms with Crippen LogP contribution in [0, 0.1) is 0 Å². The SMILES string of the molecule is C[C@@H](O)C(N)C(=O)N1CCC[C@H]1C(=O)N1CCCC1(Cc1ccccc1)C(=O)N[C@@H](C(N)=O)[C@@H](C)O. The highest BCUT2D eigenvalue weighted by atomic mass is 16.3. The predicted molar refractivity (Wildman–Crippen MR) is 131 cm³/mol. The van der Waals surface area contributed by atoms with Crippen molar-refractivity contribution in [3.8, 4) is 0 Å². The van der Waals surface area contributed by atoms with Gasteiger partial charge in [0.1, 0.15) is 23.7 Å². The van der Waals surface area contributed by atoms with E-state index in [9.17, 15) is 29.4 Å². The van der Waals surface area contributed by atoms with Gasteiger partial charge in [0.25, 0.3) is 0 Å². The summed E-state index contributed by atoms with van der Waals surface area (Å²) in [5, 5.41) is 22.4. The molecule has 6 atom stereocenters. The first kappa shape index (κ1) is 27.6. The van der Waals surface area contributed by atoms with E-state index in [-0.39, 0.29) is 18.9 Å². The Balaban J connectivity index is 1.96. The molecule has 36 heavy (non-hydrogen) atoms. The standard InChI is InChI=1S/C25H37N5O6/c1-15(31)19(26)23(35)29-12-6-10-18(29)22(34)30-13-7-11-25(30,14-17-8-4-3-5-9-17)24(36)28-20(16(2)32)21(27)33/h3-5,8-9,15-16,18-20,31-32H,6-7,10-14,26H2,1-2H3,(H2,27,33)(H,28,36)/t15-,16-,18+,19?,20-,25?/m1/s1. The van der Waals surface area contributed by atoms with Crippen molar-refractivity contribution in [2.45, 2.75) is 81.8 Å². The van der Waals surface area contributed by atoms with Gasteiger partial charge < -0.3 is 36.8 Å². The van der Waals surface area contributed by atoms with Crippen molar-refractivity contribution in [1.29, 1.82) is 0 Å². The third kappa shape index (κ3) is 5.53. The third-order valence-electron chi connectivity index (χ3n) is 7.22. The smallest absolute Gasteiger partial charge is 0.247 e. The van der Waals surface area contributed by atoms with Gasteiger partial charge in [-0.15, -0.1) is 0 Å². The van der Waals surface area contributed by atoms with Gasteiger partial charge in [0, 0.05) is 19.5 Å². The van der Waals surface area contributed by atoms with Crippen LogP contribution in [0.4, 0.5) is 0 Å². The Labute approximate surface area is 210 Å². The van der Waals surface area contributed by atoms with Crippen molar-refractivity contribution in [3.63, 3.8) is 0 Å². The summed E-state index contributed by atoms with van der Waals surface area (Å²) in [6, 6.07) is 5.92. The second kappa shape index (κ2) is 11.4. The van der Waals surface area contributed by atoms with Crippen LogP contribution in [0.15, 0.2) is 30.3 Å². The van der Waals surface area contributed by atoms with Gasteiger partial charge in [0.05, 0.1) is 12.2 Å². The molecule has 0 aromatic heterocycles. The number of benzene rings is 1. The van der Waals surface area contributed by atoms with Crippen molar-refractivity contribution in [2.75, 3.05) is 13.1 Å². The number of nitrogens with one attached hydrogen (secondary N) is 1. The summed E-state index contributed by atoms with van der Waals surface area (Å²) in [6.07, 6.45) is -0.246. The van der Waals surface area contributed by atoms with E-state index in [1.807, 2.05) is 30.3 Å². The molecular weight excluding hydrogens is 466 g/mol. The number of carbonyl (C=O) groups is 4. The van der Waals surface area contributed by atoms with E-state index in [0.29, 0.717) is 32.2 Å². The van der Waals surface area contributed by atoms with Gasteiger partial charge in [-0.1, -0.05) is 30.3 Å². The first-order chi connectivity index (χ1) is 17.0. The Kier molecular flexibility index (Phi) is 8.70. The fourth-order valence-electron chi connectivity index (χ4n) is 5.20. The van der Waals surface area contributed by atoms with Crippen molar-refractivity contribution < 1.29 is 29.4 Å². The van der Waals surface area contributed by atoms with E-state index < -0.39 is 53.6 Å². The molecule has 0 bridgehead atoms. The van der Waals surface area contributed by atoms with Crippen molar-refractivity contribution in [1.82, 2.24) is 15.1 Å². The lowest BCUT2D eigenvalue weighted by Gasteiger charge is -2.41. The van der Waals surface area contributed by atoms with E-state index in [4.69, 9.17) is 11.5 Å². The molecule has 3 rings (SSSR count). The summed E-state index contributed by atoms with van der Waals surface area (Å²) in [4.78, 5) is 55.4. The molecule has 1 aromatic rings. The van der Waals surface area contributed by atoms with Gasteiger partial charge in [0.2, 0.25) is 23.6 Å². The lowest BCUT2D eigenvalue weighted by molar-refractivity contribution is -0.152. The van der Waals surface area contributed by atoms with Gasteiger partial charge in [-0.25, -0.2) is 0 Å². The molecule has 11 heteroatoms. The molecule has 0 radical (unpaired) electrons. The predicted octanol–water partition coefficient (Wildman–Crippen LogP) is -1.36. The maximum Gasteiger partial charge on any atom is 0.247 e. The second-order valence-corrected chi connectivity index (χ2v) is 9.84. The summed E-state index contributed by atoms with van der Waals surface area (Å²) in [6.45, 7) is 3.39. The van der Waals surface area contributed by atoms with Crippen LogP contribution < -0.4 is 16.8 Å². The maximum absolute atomic E-state index is 13.9. The van der Waals surface area contributed by atoms with Crippen LogP contribution in [0.25, 0.3) is 0 Å². The number of likely N-dealkylation sites (tertiary alicyclic amines) is 2. The van der Waals surface area contributed by atoms with Crippen molar-refractivity contribution in [2.24, 2.45) is 11.5 Å². The first-order valence-electron chi connectivity index (χ1n) is 12.4. The highest BCUT2D eigenvalue weighted by molar-refractivity contribution is 5.98. The minimum atomic E-state index is -1.34. The maximum atomic E-state index is 13.9. The minimum Gasteiger partial charge on any atom is -0.391 e. The fourth-order valence-corrected chi connectivity index (χ4v) is 5.20. The Hall–Kier alpha value is -3.02. The van der Waals surface area contributed by atoms with Gasteiger partial charge in [0.15, 0.2) is 0 Å². The molecule has 0 saturated carbocycles. The monoisotopic (exact) mass is 503 g/mol. The Bertz CT molecular complexity index is 971. The molecule has 2 aliphatic rings. The zero-order chi connectivity index (χ0) is 26.6. The lowest BCUT2D eigenvalue weighted by Crippen LogP contribution is -2.65. The minimum absolute atomic E-state index is 0.185. The molecular formula is C25H37N5O6. The number of rotatable bonds is 9. The highest BCUT2D eigenvalue weighted by Crippen LogP contribution is 2.36. The number of nitrogens with two attached hydrogens (primary N) is 2. The van der Waals surface area contributed by atoms with E-state index in [2.05, 4.69) is 5.32 Å². The first-order valence-corrected chi connectivity index (χ1v) is 12.4. The van der Waals surface area contributed by atoms with Gasteiger partial charge in [-0.2, -0.15) is 0 Å². The van der Waals surface area contributed by atoms with Crippen LogP contribution in [0.5, 0.6) is 0 Å². The summed E-state index contributed by atoms with van der Waals surface area (Å²) >= 11 is 0. The number of aliphatic hydroxyl groups is 2. The number of aliphatic hydroxyl groups excluding tert-OH is 2. The molecule has 2 fully saturated rings. The average molecular weight is 504 g/mol. The van der Waals surface area contributed by atoms with Crippen LogP contribution in [0.3, 0.4) is 0 Å². The fraction of sp³-hybridized carbons (Fsp3) is 0.600. The van der Waals surface area contributed by atoms with Crippen LogP contribution in [0.1, 0.15) is 45.1 Å². The van der Waals surface area contributed by atoms with Crippen LogP contribution in [0.2, 0.25) is 0 Å². The molecule has 0 spiro atoms. The number of nitrogens with zero attached hydrogens (tertiary/aromatic N) is 2. The quantitative estimate of drug-likeness (QED) is 0.276. The van der Waals surface area contributed by atoms with E-state index in [0.717, 1.165) is 5.56 Å². The Morgan fingerprint density at radius 1 is 1.08 bits per heavy atom. The molecule has 1 aromatic carbocycles. The molecule has 198 valence electrons. The molecule has 11 nitrogen and oxygen atoms in total. The summed E-state index contributed by atoms with van der Waals surface area (Å²) in [7, 11) is 0. The summed E-state index contributed by atoms with van der Waals surface area (Å²) in [5.74, 6) is -2.36. The number of hydrogen-bond acceptors (Lipinski definition) is 7. The van der Waals surface area contributed by atoms with Gasteiger partial charge in [-0.05, 0) is 45.1 Å². The van der Waals surface area contributed by atoms with E-state index in [1.54, 1.807) is 0 Å². The largest absolute Gasteiger partial charge is 0.391 e. The molecule has 2 aliphatic heterocycles. The zero-order valence-corrected chi connectivity index (χ0v) is 20.8. The molecule has 7 N–H and O–H groups in total. The Morgan fingerprint density at radius 2 is 1.75 bits per heavy atom. The molecule has 0 aliphatic carbocycles. The van der Waals surface area contributed by atoms with Crippen molar-refractivity contribution >= 4 is 23.6 Å². The van der Waals surface area contributed by atoms with Crippen LogP contribution in [-0.4, -0.2) is 92.6 Å². The topological polar surface area (TPSA) is 179 Å². The summed E-state index contributed by atoms with van der Waals surface area (Å²) in [5.41, 5.74) is 10.8. The average Bonchev–Trinajstić information content (AvgIpc) is 3.49. The van der Waals surface area contributed by atoms with E-state index in [1.165, 1.54) is 23.6 Å². The van der Waals surface area contributed by atoms with Crippen LogP contribution in [-0.2, 0) is 25.6 Å². The normalized spacial score (nSPS) is 25.2.